The van der Waals surface area contributed by atoms with E-state index in [1.807, 2.05) is 19.6 Å². The van der Waals surface area contributed by atoms with Gasteiger partial charge in [-0.2, -0.15) is 11.1 Å². The first-order chi connectivity index (χ1) is 7.86. The van der Waals surface area contributed by atoms with Crippen LogP contribution in [0.1, 0.15) is 27.7 Å². The van der Waals surface area contributed by atoms with Crippen LogP contribution in [-0.2, 0) is 19.2 Å². The van der Waals surface area contributed by atoms with Crippen molar-refractivity contribution in [2.24, 2.45) is 5.92 Å². The molecule has 20 heavy (non-hydrogen) atoms. The van der Waals surface area contributed by atoms with Crippen LogP contribution in [0.5, 0.6) is 0 Å². The Labute approximate surface area is 152 Å². The Morgan fingerprint density at radius 3 is 1.40 bits per heavy atom. The van der Waals surface area contributed by atoms with E-state index in [1.165, 1.54) is 16.7 Å². The van der Waals surface area contributed by atoms with Gasteiger partial charge in [-0.3, -0.25) is 6.08 Å². The van der Waals surface area contributed by atoms with Crippen molar-refractivity contribution >= 4 is 14.4 Å². The predicted octanol–water partition coefficient (Wildman–Crippen LogP) is -0.612. The van der Waals surface area contributed by atoms with Crippen molar-refractivity contribution in [3.8, 4) is 0 Å². The van der Waals surface area contributed by atoms with Crippen LogP contribution >= 0.6 is 0 Å². The van der Waals surface area contributed by atoms with Gasteiger partial charge in [-0.15, -0.1) is 6.92 Å². The molecule has 0 radical (unpaired) electrons. The van der Waals surface area contributed by atoms with Gasteiger partial charge in [0.2, 0.25) is 0 Å². The normalized spacial score (nSPS) is 16.6. The monoisotopic (exact) mass is 385 g/mol. The molecule has 6 heteroatoms. The standard InChI is InChI=1S/C9H13.C3H10NSi.C2H6Si.2ClH.Ti/c1-6-5-7(2)9(4)8(6)3;1-5(2,3)4;1-3-2;;;/h6H,1-4H3;4H,1-3H3;1-2H3;2*1H;/q2*-1;;;;+2/p-2. The van der Waals surface area contributed by atoms with E-state index in [4.69, 9.17) is 5.40 Å². The summed E-state index contributed by atoms with van der Waals surface area (Å²) in [6, 6.07) is 0. The first-order valence-corrected chi connectivity index (χ1v) is 14.7. The minimum Gasteiger partial charge on any atom is -1.00 e. The first kappa shape index (κ1) is 29.2. The zero-order valence-corrected chi connectivity index (χ0v) is 19.4. The third kappa shape index (κ3) is 21.5. The molecule has 1 rings (SSSR count). The van der Waals surface area contributed by atoms with Gasteiger partial charge >= 0.3 is 38.5 Å². The Balaban J connectivity index is -0.000000102. The van der Waals surface area contributed by atoms with Crippen molar-refractivity contribution in [2.75, 3.05) is 0 Å². The summed E-state index contributed by atoms with van der Waals surface area (Å²) in [6.07, 6.45) is 3.48. The Morgan fingerprint density at radius 2 is 1.35 bits per heavy atom. The molecule has 1 N–H and O–H groups in total. The summed E-state index contributed by atoms with van der Waals surface area (Å²) < 4.78 is 0. The third-order valence-electron chi connectivity index (χ3n) is 2.24. The van der Waals surface area contributed by atoms with E-state index in [0.717, 1.165) is 0 Å². The number of hydrogen-bond donors (Lipinski definition) is 0. The van der Waals surface area contributed by atoms with Crippen LogP contribution in [0.25, 0.3) is 5.40 Å². The molecule has 1 aliphatic carbocycles. The van der Waals surface area contributed by atoms with Crippen molar-refractivity contribution in [3.63, 3.8) is 0 Å². The van der Waals surface area contributed by atoms with Gasteiger partial charge in [0.05, 0.1) is 0 Å². The van der Waals surface area contributed by atoms with Crippen LogP contribution in [-0.4, -0.2) is 14.4 Å². The Hall–Kier alpha value is 1.17. The maximum atomic E-state index is 7.08. The van der Waals surface area contributed by atoms with Gasteiger partial charge in [-0.1, -0.05) is 54.6 Å². The second kappa shape index (κ2) is 13.8. The summed E-state index contributed by atoms with van der Waals surface area (Å²) >= 11 is 2.27. The Bertz CT molecular complexity index is 338. The van der Waals surface area contributed by atoms with Gasteiger partial charge in [0, 0.05) is 0 Å². The van der Waals surface area contributed by atoms with Crippen molar-refractivity contribution in [1.29, 1.82) is 0 Å². The van der Waals surface area contributed by atoms with E-state index in [0.29, 0.717) is 5.92 Å². The van der Waals surface area contributed by atoms with Crippen LogP contribution in [0, 0.1) is 12.0 Å². The van der Waals surface area contributed by atoms with E-state index >= 15 is 0 Å². The summed E-state index contributed by atoms with van der Waals surface area (Å²) in [5, 5.41) is 7.08. The average Bonchev–Trinajstić information content (AvgIpc) is 2.29. The van der Waals surface area contributed by atoms with Gasteiger partial charge in [0.15, 0.2) is 0 Å². The first-order valence-electron chi connectivity index (χ1n) is 6.40. The molecule has 0 amide bonds. The summed E-state index contributed by atoms with van der Waals surface area (Å²) in [7, 11) is -1.36. The van der Waals surface area contributed by atoms with Crippen LogP contribution in [0.2, 0.25) is 32.7 Å². The minimum atomic E-state index is -1.36. The van der Waals surface area contributed by atoms with Crippen molar-refractivity contribution < 1.29 is 44.0 Å². The summed E-state index contributed by atoms with van der Waals surface area (Å²) in [5.74, 6) is 0.560. The molecule has 1 unspecified atom stereocenters. The second-order valence-electron chi connectivity index (χ2n) is 6.05. The smallest absolute Gasteiger partial charge is 1.00 e. The Morgan fingerprint density at radius 1 is 1.10 bits per heavy atom. The van der Waals surface area contributed by atoms with Crippen LogP contribution in [0.15, 0.2) is 16.7 Å². The molecular formula is C14H29Cl2NSi2Ti-2. The molecule has 1 atom stereocenters. The van der Waals surface area contributed by atoms with Crippen molar-refractivity contribution in [3.05, 3.63) is 28.2 Å². The molecule has 0 saturated carbocycles. The number of allylic oxidation sites excluding steroid dienone is 4. The van der Waals surface area contributed by atoms with Crippen molar-refractivity contribution in [2.45, 2.75) is 60.4 Å². The molecular weight excluding hydrogens is 357 g/mol. The van der Waals surface area contributed by atoms with E-state index in [2.05, 4.69) is 66.0 Å². The molecule has 0 heterocycles. The predicted molar refractivity (Wildman–Crippen MR) is 85.1 cm³/mol. The summed E-state index contributed by atoms with van der Waals surface area (Å²) in [6.45, 7) is 19.2. The molecule has 1 nitrogen and oxygen atoms in total. The Kier molecular flexibility index (Phi) is 20.2. The van der Waals surface area contributed by atoms with Gasteiger partial charge in [-0.25, -0.2) is 5.57 Å². The topological polar surface area (TPSA) is 23.8 Å². The van der Waals surface area contributed by atoms with E-state index in [9.17, 15) is 0 Å². The molecule has 0 aromatic rings. The summed E-state index contributed by atoms with van der Waals surface area (Å²) in [5.41, 5.74) is 4.25. The zero-order valence-electron chi connectivity index (χ0n) is 14.3. The molecule has 1 aliphatic rings. The molecule has 0 fully saturated rings. The zero-order chi connectivity index (χ0) is 15.1. The molecule has 0 saturated heterocycles. The number of halogens is 2. The molecule has 0 spiro atoms. The largest absolute Gasteiger partial charge is 1.00 e. The molecule has 0 aromatic carbocycles. The number of nitrogens with one attached hydrogen (secondary N) is 1. The van der Waals surface area contributed by atoms with Gasteiger partial charge in [-0.05, 0) is 0 Å². The maximum Gasteiger partial charge on any atom is -1.00 e. The van der Waals surface area contributed by atoms with Gasteiger partial charge in [0.25, 0.3) is 0 Å². The molecule has 0 aromatic heterocycles. The van der Waals surface area contributed by atoms with Crippen molar-refractivity contribution in [1.82, 2.24) is 0 Å². The quantitative estimate of drug-likeness (QED) is 0.392. The molecule has 0 aliphatic heterocycles. The van der Waals surface area contributed by atoms with Gasteiger partial charge < -0.3 is 30.2 Å². The van der Waals surface area contributed by atoms with E-state index in [-0.39, 0.29) is 31.0 Å². The van der Waals surface area contributed by atoms with Crippen LogP contribution in [0.3, 0.4) is 0 Å². The number of rotatable bonds is 0. The van der Waals surface area contributed by atoms with Crippen LogP contribution in [0.4, 0.5) is 0 Å². The summed E-state index contributed by atoms with van der Waals surface area (Å²) in [4.78, 5) is 0. The van der Waals surface area contributed by atoms with E-state index in [1.54, 1.807) is 0 Å². The molecule has 118 valence electrons. The fraction of sp³-hybridized carbons (Fsp3) is 0.714. The second-order valence-corrected chi connectivity index (χ2v) is 17.2. The van der Waals surface area contributed by atoms with E-state index < -0.39 is 8.24 Å². The molecule has 0 bridgehead atoms. The van der Waals surface area contributed by atoms with Gasteiger partial charge in [0.1, 0.15) is 0 Å². The number of hydrogen-bond acceptors (Lipinski definition) is 0. The third-order valence-corrected chi connectivity index (χ3v) is 2.24. The maximum absolute atomic E-state index is 7.08. The fourth-order valence-corrected chi connectivity index (χ4v) is 1.16. The average molecular weight is 386 g/mol. The SMILES string of the molecule is CC1=[C-]C(C)C(C)=C1C.C[Si](C)(C)[NH-].C[Si](C)=[Ti+2].[Cl-].[Cl-]. The fourth-order valence-electron chi connectivity index (χ4n) is 1.16. The minimum absolute atomic E-state index is 0. The van der Waals surface area contributed by atoms with Crippen LogP contribution < -0.4 is 24.8 Å².